The Morgan fingerprint density at radius 3 is 2.37 bits per heavy atom. The van der Waals surface area contributed by atoms with Gasteiger partial charge in [-0.3, -0.25) is 0 Å². The summed E-state index contributed by atoms with van der Waals surface area (Å²) in [5.74, 6) is 0.221. The van der Waals surface area contributed by atoms with E-state index in [1.54, 1.807) is 0 Å². The molecular weight excluding hydrogens is 306 g/mol. The zero-order chi connectivity index (χ0) is 13.8. The summed E-state index contributed by atoms with van der Waals surface area (Å²) >= 11 is 3.38. The first-order chi connectivity index (χ1) is 9.06. The molecule has 1 aliphatic rings. The Bertz CT molecular complexity index is 424. The molecule has 3 nitrogen and oxygen atoms in total. The van der Waals surface area contributed by atoms with Gasteiger partial charge in [0, 0.05) is 10.2 Å². The maximum atomic E-state index is 11.5. The van der Waals surface area contributed by atoms with E-state index in [1.165, 1.54) is 0 Å². The van der Waals surface area contributed by atoms with Gasteiger partial charge in [0.15, 0.2) is 0 Å². The van der Waals surface area contributed by atoms with Crippen LogP contribution in [-0.2, 0) is 4.79 Å². The van der Waals surface area contributed by atoms with E-state index in [9.17, 15) is 9.90 Å². The predicted molar refractivity (Wildman–Crippen MR) is 80.3 cm³/mol. The minimum absolute atomic E-state index is 0.234. The first-order valence-electron chi connectivity index (χ1n) is 6.81. The lowest BCUT2D eigenvalue weighted by molar-refractivity contribution is -0.139. The number of carboxylic acid groups (broad SMARTS) is 1. The number of halogens is 1. The molecule has 2 N–H and O–H groups in total. The standard InChI is InChI=1S/C15H20BrNO2/c1-10-2-4-11(5-3-10)14(15(18)19)17-13-8-6-12(16)7-9-13/h6-11,14,17H,2-5H2,1H3,(H,18,19). The van der Waals surface area contributed by atoms with E-state index in [0.29, 0.717) is 0 Å². The van der Waals surface area contributed by atoms with Gasteiger partial charge in [0.1, 0.15) is 6.04 Å². The van der Waals surface area contributed by atoms with Gasteiger partial charge in [-0.15, -0.1) is 0 Å². The van der Waals surface area contributed by atoms with Crippen molar-refractivity contribution in [3.8, 4) is 0 Å². The van der Waals surface area contributed by atoms with Gasteiger partial charge in [-0.1, -0.05) is 35.7 Å². The van der Waals surface area contributed by atoms with Crippen LogP contribution in [0.4, 0.5) is 5.69 Å². The summed E-state index contributed by atoms with van der Waals surface area (Å²) in [6, 6.07) is 7.18. The molecule has 1 aliphatic carbocycles. The second kappa shape index (κ2) is 6.42. The number of benzene rings is 1. The summed E-state index contributed by atoms with van der Waals surface area (Å²) in [4.78, 5) is 11.5. The molecule has 0 heterocycles. The van der Waals surface area contributed by atoms with Crippen LogP contribution in [0.5, 0.6) is 0 Å². The summed E-state index contributed by atoms with van der Waals surface area (Å²) < 4.78 is 0.997. The van der Waals surface area contributed by atoms with Crippen molar-refractivity contribution in [1.82, 2.24) is 0 Å². The van der Waals surface area contributed by atoms with Gasteiger partial charge in [0.2, 0.25) is 0 Å². The lowest BCUT2D eigenvalue weighted by Gasteiger charge is -2.31. The van der Waals surface area contributed by atoms with Crippen molar-refractivity contribution in [3.63, 3.8) is 0 Å². The molecule has 0 aliphatic heterocycles. The molecule has 0 bridgehead atoms. The van der Waals surface area contributed by atoms with Crippen LogP contribution in [0.15, 0.2) is 28.7 Å². The molecule has 1 fully saturated rings. The molecule has 0 aromatic heterocycles. The number of rotatable bonds is 4. The molecule has 0 amide bonds. The lowest BCUT2D eigenvalue weighted by atomic mass is 9.79. The van der Waals surface area contributed by atoms with Gasteiger partial charge in [-0.05, 0) is 48.9 Å². The molecule has 0 spiro atoms. The minimum atomic E-state index is -0.748. The van der Waals surface area contributed by atoms with Crippen LogP contribution in [0.2, 0.25) is 0 Å². The van der Waals surface area contributed by atoms with E-state index in [-0.39, 0.29) is 5.92 Å². The quantitative estimate of drug-likeness (QED) is 0.874. The van der Waals surface area contributed by atoms with Crippen LogP contribution in [0.25, 0.3) is 0 Å². The monoisotopic (exact) mass is 325 g/mol. The number of hydrogen-bond donors (Lipinski definition) is 2. The van der Waals surface area contributed by atoms with Crippen molar-refractivity contribution in [2.45, 2.75) is 38.6 Å². The molecular formula is C15H20BrNO2. The Morgan fingerprint density at radius 2 is 1.84 bits per heavy atom. The second-order valence-corrected chi connectivity index (χ2v) is 6.40. The maximum Gasteiger partial charge on any atom is 0.326 e. The summed E-state index contributed by atoms with van der Waals surface area (Å²) in [6.45, 7) is 2.24. The third kappa shape index (κ3) is 3.96. The Kier molecular flexibility index (Phi) is 4.86. The third-order valence-corrected chi connectivity index (χ3v) is 4.49. The van der Waals surface area contributed by atoms with E-state index in [2.05, 4.69) is 28.2 Å². The summed E-state index contributed by atoms with van der Waals surface area (Å²) in [5.41, 5.74) is 0.870. The molecule has 1 aromatic rings. The minimum Gasteiger partial charge on any atom is -0.480 e. The highest BCUT2D eigenvalue weighted by Crippen LogP contribution is 2.32. The molecule has 1 saturated carbocycles. The van der Waals surface area contributed by atoms with Crippen LogP contribution in [-0.4, -0.2) is 17.1 Å². The largest absolute Gasteiger partial charge is 0.480 e. The number of anilines is 1. The molecule has 2 rings (SSSR count). The smallest absolute Gasteiger partial charge is 0.326 e. The van der Waals surface area contributed by atoms with E-state index in [0.717, 1.165) is 41.8 Å². The maximum absolute atomic E-state index is 11.5. The second-order valence-electron chi connectivity index (χ2n) is 5.49. The van der Waals surface area contributed by atoms with E-state index in [4.69, 9.17) is 0 Å². The highest BCUT2D eigenvalue weighted by Gasteiger charge is 2.30. The van der Waals surface area contributed by atoms with E-state index in [1.807, 2.05) is 24.3 Å². The number of aliphatic carboxylic acids is 1. The Labute approximate surface area is 122 Å². The van der Waals surface area contributed by atoms with Crippen molar-refractivity contribution in [2.75, 3.05) is 5.32 Å². The highest BCUT2D eigenvalue weighted by molar-refractivity contribution is 9.10. The van der Waals surface area contributed by atoms with Gasteiger partial charge in [0.25, 0.3) is 0 Å². The van der Waals surface area contributed by atoms with Crippen LogP contribution in [0.1, 0.15) is 32.6 Å². The number of carbonyl (C=O) groups is 1. The van der Waals surface area contributed by atoms with Crippen molar-refractivity contribution in [3.05, 3.63) is 28.7 Å². The Balaban J connectivity index is 2.04. The van der Waals surface area contributed by atoms with Crippen LogP contribution in [0, 0.1) is 11.8 Å². The van der Waals surface area contributed by atoms with Crippen molar-refractivity contribution >= 4 is 27.6 Å². The molecule has 1 unspecified atom stereocenters. The fourth-order valence-electron chi connectivity index (χ4n) is 2.73. The van der Waals surface area contributed by atoms with Crippen LogP contribution in [0.3, 0.4) is 0 Å². The van der Waals surface area contributed by atoms with Crippen LogP contribution < -0.4 is 5.32 Å². The zero-order valence-electron chi connectivity index (χ0n) is 11.1. The topological polar surface area (TPSA) is 49.3 Å². The predicted octanol–water partition coefficient (Wildman–Crippen LogP) is 4.14. The highest BCUT2D eigenvalue weighted by atomic mass is 79.9. The summed E-state index contributed by atoms with van der Waals surface area (Å²) in [6.07, 6.45) is 4.27. The van der Waals surface area contributed by atoms with Gasteiger partial charge in [-0.25, -0.2) is 4.79 Å². The SMILES string of the molecule is CC1CCC(C(Nc2ccc(Br)cc2)C(=O)O)CC1. The lowest BCUT2D eigenvalue weighted by Crippen LogP contribution is -2.38. The fourth-order valence-corrected chi connectivity index (χ4v) is 2.99. The van der Waals surface area contributed by atoms with Gasteiger partial charge < -0.3 is 10.4 Å². The molecule has 0 radical (unpaired) electrons. The average Bonchev–Trinajstić information content (AvgIpc) is 2.39. The Hall–Kier alpha value is -1.03. The molecule has 1 atom stereocenters. The number of carboxylic acids is 1. The van der Waals surface area contributed by atoms with Crippen LogP contribution >= 0.6 is 15.9 Å². The van der Waals surface area contributed by atoms with Gasteiger partial charge in [0.05, 0.1) is 0 Å². The number of hydrogen-bond acceptors (Lipinski definition) is 2. The first-order valence-corrected chi connectivity index (χ1v) is 7.60. The average molecular weight is 326 g/mol. The van der Waals surface area contributed by atoms with E-state index < -0.39 is 12.0 Å². The van der Waals surface area contributed by atoms with Gasteiger partial charge in [-0.2, -0.15) is 0 Å². The summed E-state index contributed by atoms with van der Waals surface area (Å²) in [7, 11) is 0. The molecule has 4 heteroatoms. The molecule has 0 saturated heterocycles. The number of nitrogens with one attached hydrogen (secondary N) is 1. The van der Waals surface area contributed by atoms with Crippen molar-refractivity contribution in [2.24, 2.45) is 11.8 Å². The van der Waals surface area contributed by atoms with Crippen molar-refractivity contribution < 1.29 is 9.90 Å². The normalized spacial score (nSPS) is 24.7. The van der Waals surface area contributed by atoms with E-state index >= 15 is 0 Å². The molecule has 104 valence electrons. The third-order valence-electron chi connectivity index (χ3n) is 3.96. The Morgan fingerprint density at radius 1 is 1.26 bits per heavy atom. The van der Waals surface area contributed by atoms with Gasteiger partial charge >= 0.3 is 5.97 Å². The molecule has 1 aromatic carbocycles. The summed E-state index contributed by atoms with van der Waals surface area (Å²) in [5, 5.41) is 12.6. The fraction of sp³-hybridized carbons (Fsp3) is 0.533. The first kappa shape index (κ1) is 14.4. The zero-order valence-corrected chi connectivity index (χ0v) is 12.7. The van der Waals surface area contributed by atoms with Crippen molar-refractivity contribution in [1.29, 1.82) is 0 Å². The molecule has 19 heavy (non-hydrogen) atoms.